The third-order valence-electron chi connectivity index (χ3n) is 4.01. The number of hydrogen-bond donors (Lipinski definition) is 1. The third-order valence-corrected chi connectivity index (χ3v) is 4.50. The Kier molecular flexibility index (Phi) is 2.62. The van der Waals surface area contributed by atoms with Crippen LogP contribution in [-0.2, 0) is 0 Å². The van der Waals surface area contributed by atoms with Gasteiger partial charge in [-0.25, -0.2) is 0 Å². The molecular formula is C14H18BrNO. The molecule has 0 saturated heterocycles. The van der Waals surface area contributed by atoms with Crippen LogP contribution in [0.3, 0.4) is 0 Å². The first-order valence-corrected chi connectivity index (χ1v) is 7.08. The first-order valence-electron chi connectivity index (χ1n) is 6.29. The molecule has 2 unspecified atom stereocenters. The largest absolute Gasteiger partial charge is 0.486 e. The average molecular weight is 296 g/mol. The lowest BCUT2D eigenvalue weighted by Gasteiger charge is -2.47. The number of rotatable bonds is 0. The van der Waals surface area contributed by atoms with E-state index < -0.39 is 0 Å². The van der Waals surface area contributed by atoms with Gasteiger partial charge in [-0.1, -0.05) is 36.2 Å². The van der Waals surface area contributed by atoms with Crippen molar-refractivity contribution >= 4 is 21.6 Å². The van der Waals surface area contributed by atoms with Crippen LogP contribution in [-0.4, -0.2) is 12.1 Å². The van der Waals surface area contributed by atoms with Gasteiger partial charge in [-0.3, -0.25) is 0 Å². The molecule has 1 N–H and O–H groups in total. The van der Waals surface area contributed by atoms with Crippen molar-refractivity contribution in [3.05, 3.63) is 22.7 Å². The molecule has 2 nitrogen and oxygen atoms in total. The van der Waals surface area contributed by atoms with Crippen LogP contribution >= 0.6 is 15.9 Å². The SMILES string of the molecule is CC1(C)CCCC2Nc3cc(Br)ccc3OC21. The highest BCUT2D eigenvalue weighted by Crippen LogP contribution is 2.44. The zero-order valence-corrected chi connectivity index (χ0v) is 11.9. The average Bonchev–Trinajstić information content (AvgIpc) is 2.26. The van der Waals surface area contributed by atoms with Crippen molar-refractivity contribution in [3.8, 4) is 5.75 Å². The Labute approximate surface area is 111 Å². The number of ether oxygens (including phenoxy) is 1. The van der Waals surface area contributed by atoms with Crippen molar-refractivity contribution in [2.24, 2.45) is 5.41 Å². The number of anilines is 1. The highest BCUT2D eigenvalue weighted by atomic mass is 79.9. The fourth-order valence-corrected chi connectivity index (χ4v) is 3.42. The summed E-state index contributed by atoms with van der Waals surface area (Å²) in [5, 5.41) is 3.64. The lowest BCUT2D eigenvalue weighted by Crippen LogP contribution is -2.52. The molecular weight excluding hydrogens is 278 g/mol. The van der Waals surface area contributed by atoms with Crippen molar-refractivity contribution in [2.45, 2.75) is 45.3 Å². The first-order chi connectivity index (χ1) is 8.06. The molecule has 1 aromatic rings. The summed E-state index contributed by atoms with van der Waals surface area (Å²) in [5.74, 6) is 0.990. The Balaban J connectivity index is 1.96. The fourth-order valence-electron chi connectivity index (χ4n) is 3.06. The van der Waals surface area contributed by atoms with Crippen LogP contribution in [0.5, 0.6) is 5.75 Å². The molecule has 92 valence electrons. The van der Waals surface area contributed by atoms with Crippen LogP contribution in [0.2, 0.25) is 0 Å². The zero-order valence-electron chi connectivity index (χ0n) is 10.3. The molecule has 1 aromatic carbocycles. The van der Waals surface area contributed by atoms with E-state index in [1.165, 1.54) is 19.3 Å². The summed E-state index contributed by atoms with van der Waals surface area (Å²) in [6.07, 6.45) is 4.04. The van der Waals surface area contributed by atoms with Gasteiger partial charge in [0.25, 0.3) is 0 Å². The van der Waals surface area contributed by atoms with E-state index in [9.17, 15) is 0 Å². The number of fused-ring (bicyclic) bond motifs is 2. The Morgan fingerprint density at radius 2 is 2.24 bits per heavy atom. The second kappa shape index (κ2) is 3.91. The molecule has 2 atom stereocenters. The number of benzene rings is 1. The highest BCUT2D eigenvalue weighted by molar-refractivity contribution is 9.10. The number of halogens is 1. The summed E-state index contributed by atoms with van der Waals surface area (Å²) >= 11 is 3.51. The van der Waals surface area contributed by atoms with Gasteiger partial charge in [-0.15, -0.1) is 0 Å². The lowest BCUT2D eigenvalue weighted by molar-refractivity contribution is 0.0175. The van der Waals surface area contributed by atoms with Crippen molar-refractivity contribution in [1.82, 2.24) is 0 Å². The van der Waals surface area contributed by atoms with Gasteiger partial charge in [-0.2, -0.15) is 0 Å². The second-order valence-electron chi connectivity index (χ2n) is 5.81. The summed E-state index contributed by atoms with van der Waals surface area (Å²) in [5.41, 5.74) is 1.39. The van der Waals surface area contributed by atoms with Crippen LogP contribution in [0.15, 0.2) is 22.7 Å². The standard InChI is InChI=1S/C14H18BrNO/c1-14(2)7-3-4-10-13(14)17-12-6-5-9(15)8-11(12)16-10/h5-6,8,10,13,16H,3-4,7H2,1-2H3. The summed E-state index contributed by atoms with van der Waals surface area (Å²) in [6, 6.07) is 6.65. The summed E-state index contributed by atoms with van der Waals surface area (Å²) in [6.45, 7) is 4.63. The van der Waals surface area contributed by atoms with Crippen molar-refractivity contribution in [2.75, 3.05) is 5.32 Å². The maximum atomic E-state index is 6.22. The summed E-state index contributed by atoms with van der Waals surface area (Å²) < 4.78 is 7.32. The molecule has 2 aliphatic rings. The molecule has 0 bridgehead atoms. The van der Waals surface area contributed by atoms with E-state index in [0.717, 1.165) is 15.9 Å². The minimum Gasteiger partial charge on any atom is -0.486 e. The second-order valence-corrected chi connectivity index (χ2v) is 6.73. The van der Waals surface area contributed by atoms with E-state index in [0.29, 0.717) is 12.1 Å². The topological polar surface area (TPSA) is 21.3 Å². The van der Waals surface area contributed by atoms with Gasteiger partial charge in [0.15, 0.2) is 0 Å². The van der Waals surface area contributed by atoms with Crippen LogP contribution in [0, 0.1) is 5.41 Å². The van der Waals surface area contributed by atoms with Crippen molar-refractivity contribution < 1.29 is 4.74 Å². The zero-order chi connectivity index (χ0) is 12.0. The molecule has 3 heteroatoms. The molecule has 1 fully saturated rings. The Hall–Kier alpha value is -0.700. The minimum atomic E-state index is 0.265. The fraction of sp³-hybridized carbons (Fsp3) is 0.571. The highest BCUT2D eigenvalue weighted by Gasteiger charge is 2.43. The minimum absolute atomic E-state index is 0.265. The van der Waals surface area contributed by atoms with Gasteiger partial charge >= 0.3 is 0 Å². The molecule has 1 aliphatic heterocycles. The molecule has 0 radical (unpaired) electrons. The Morgan fingerprint density at radius 1 is 1.41 bits per heavy atom. The van der Waals surface area contributed by atoms with E-state index in [2.05, 4.69) is 41.2 Å². The van der Waals surface area contributed by atoms with Gasteiger partial charge in [0.1, 0.15) is 11.9 Å². The normalized spacial score (nSPS) is 29.6. The van der Waals surface area contributed by atoms with Gasteiger partial charge < -0.3 is 10.1 Å². The van der Waals surface area contributed by atoms with Crippen LogP contribution in [0.1, 0.15) is 33.1 Å². The van der Waals surface area contributed by atoms with Crippen LogP contribution in [0.4, 0.5) is 5.69 Å². The molecule has 0 amide bonds. The van der Waals surface area contributed by atoms with Crippen LogP contribution < -0.4 is 10.1 Å². The van der Waals surface area contributed by atoms with Gasteiger partial charge in [0, 0.05) is 9.89 Å². The smallest absolute Gasteiger partial charge is 0.143 e. The van der Waals surface area contributed by atoms with E-state index in [-0.39, 0.29) is 5.41 Å². The maximum absolute atomic E-state index is 6.22. The van der Waals surface area contributed by atoms with Gasteiger partial charge in [0.2, 0.25) is 0 Å². The molecule has 0 aromatic heterocycles. The quantitative estimate of drug-likeness (QED) is 0.774. The van der Waals surface area contributed by atoms with E-state index in [1.807, 2.05) is 12.1 Å². The summed E-state index contributed by atoms with van der Waals surface area (Å²) in [4.78, 5) is 0. The molecule has 0 spiro atoms. The monoisotopic (exact) mass is 295 g/mol. The van der Waals surface area contributed by atoms with E-state index in [4.69, 9.17) is 4.74 Å². The molecule has 1 aliphatic carbocycles. The Morgan fingerprint density at radius 3 is 3.06 bits per heavy atom. The first kappa shape index (κ1) is 11.4. The lowest BCUT2D eigenvalue weighted by atomic mass is 9.72. The van der Waals surface area contributed by atoms with Crippen molar-refractivity contribution in [3.63, 3.8) is 0 Å². The molecule has 1 heterocycles. The van der Waals surface area contributed by atoms with Gasteiger partial charge in [0.05, 0.1) is 11.7 Å². The summed E-state index contributed by atoms with van der Waals surface area (Å²) in [7, 11) is 0. The molecule has 3 rings (SSSR count). The predicted molar refractivity (Wildman–Crippen MR) is 73.6 cm³/mol. The third kappa shape index (κ3) is 1.95. The maximum Gasteiger partial charge on any atom is 0.143 e. The van der Waals surface area contributed by atoms with Crippen LogP contribution in [0.25, 0.3) is 0 Å². The number of nitrogens with one attached hydrogen (secondary N) is 1. The predicted octanol–water partition coefficient (Wildman–Crippen LogP) is 4.20. The molecule has 1 saturated carbocycles. The van der Waals surface area contributed by atoms with E-state index >= 15 is 0 Å². The Bertz CT molecular complexity index is 444. The van der Waals surface area contributed by atoms with Crippen molar-refractivity contribution in [1.29, 1.82) is 0 Å². The van der Waals surface area contributed by atoms with E-state index in [1.54, 1.807) is 0 Å². The number of hydrogen-bond acceptors (Lipinski definition) is 2. The van der Waals surface area contributed by atoms with Gasteiger partial charge in [-0.05, 0) is 31.0 Å². The molecule has 17 heavy (non-hydrogen) atoms.